The second-order valence-electron chi connectivity index (χ2n) is 2.56. The molecule has 0 aromatic heterocycles. The number of nitrogens with zero attached hydrogens (tertiary/aromatic N) is 1. The van der Waals surface area contributed by atoms with Crippen LogP contribution in [0.2, 0.25) is 5.02 Å². The van der Waals surface area contributed by atoms with Crippen LogP contribution in [0.15, 0.2) is 18.2 Å². The van der Waals surface area contributed by atoms with Gasteiger partial charge in [0.1, 0.15) is 5.82 Å². The summed E-state index contributed by atoms with van der Waals surface area (Å²) in [4.78, 5) is 0. The van der Waals surface area contributed by atoms with Crippen molar-refractivity contribution in [2.45, 2.75) is 6.54 Å². The Bertz CT molecular complexity index is 278. The van der Waals surface area contributed by atoms with Gasteiger partial charge in [-0.05, 0) is 17.7 Å². The van der Waals surface area contributed by atoms with Crippen LogP contribution in [0.3, 0.4) is 0 Å². The largest absolute Gasteiger partial charge is 0.314 e. The van der Waals surface area contributed by atoms with Crippen molar-refractivity contribution in [2.75, 3.05) is 7.05 Å². The van der Waals surface area contributed by atoms with Gasteiger partial charge >= 0.3 is 0 Å². The van der Waals surface area contributed by atoms with Crippen LogP contribution < -0.4 is 0 Å². The Morgan fingerprint density at radius 2 is 2.25 bits per heavy atom. The van der Waals surface area contributed by atoms with Gasteiger partial charge in [-0.3, -0.25) is 0 Å². The van der Waals surface area contributed by atoms with Crippen molar-refractivity contribution >= 4 is 11.6 Å². The summed E-state index contributed by atoms with van der Waals surface area (Å²) in [6, 6.07) is 4.35. The molecule has 0 saturated carbocycles. The molecule has 0 aliphatic carbocycles. The zero-order valence-electron chi connectivity index (χ0n) is 6.59. The monoisotopic (exact) mass is 189 g/mol. The van der Waals surface area contributed by atoms with E-state index in [1.165, 1.54) is 19.2 Å². The van der Waals surface area contributed by atoms with Crippen LogP contribution in [-0.2, 0) is 6.54 Å². The van der Waals surface area contributed by atoms with E-state index in [4.69, 9.17) is 16.8 Å². The summed E-state index contributed by atoms with van der Waals surface area (Å²) in [7, 11) is 1.51. The summed E-state index contributed by atoms with van der Waals surface area (Å²) in [5.74, 6) is -0.444. The van der Waals surface area contributed by atoms with Gasteiger partial charge in [0, 0.05) is 13.6 Å². The SMILES string of the molecule is CN(O)Cc1ccc(F)c(Cl)c1. The van der Waals surface area contributed by atoms with E-state index in [2.05, 4.69) is 0 Å². The first-order valence-electron chi connectivity index (χ1n) is 3.43. The Morgan fingerprint density at radius 1 is 1.58 bits per heavy atom. The number of halogens is 2. The van der Waals surface area contributed by atoms with Gasteiger partial charge in [0.25, 0.3) is 0 Å². The third-order valence-corrected chi connectivity index (χ3v) is 1.69. The van der Waals surface area contributed by atoms with Crippen molar-refractivity contribution in [3.8, 4) is 0 Å². The number of benzene rings is 1. The normalized spacial score (nSPS) is 10.8. The maximum atomic E-state index is 12.6. The van der Waals surface area contributed by atoms with Crippen molar-refractivity contribution in [2.24, 2.45) is 0 Å². The lowest BCUT2D eigenvalue weighted by molar-refractivity contribution is -0.0731. The maximum absolute atomic E-state index is 12.6. The lowest BCUT2D eigenvalue weighted by Crippen LogP contribution is -2.11. The smallest absolute Gasteiger partial charge is 0.141 e. The topological polar surface area (TPSA) is 23.5 Å². The Hall–Kier alpha value is -0.640. The molecule has 0 bridgehead atoms. The summed E-state index contributed by atoms with van der Waals surface area (Å²) in [6.45, 7) is 0.333. The second-order valence-corrected chi connectivity index (χ2v) is 2.97. The molecule has 0 fully saturated rings. The van der Waals surface area contributed by atoms with Gasteiger partial charge in [0.05, 0.1) is 5.02 Å². The number of rotatable bonds is 2. The summed E-state index contributed by atoms with van der Waals surface area (Å²) >= 11 is 5.52. The summed E-state index contributed by atoms with van der Waals surface area (Å²) in [5, 5.41) is 9.94. The van der Waals surface area contributed by atoms with Crippen molar-refractivity contribution in [1.29, 1.82) is 0 Å². The third kappa shape index (κ3) is 2.44. The van der Waals surface area contributed by atoms with Crippen LogP contribution >= 0.6 is 11.6 Å². The molecule has 2 nitrogen and oxygen atoms in total. The molecule has 0 unspecified atom stereocenters. The van der Waals surface area contributed by atoms with Crippen LogP contribution in [0.25, 0.3) is 0 Å². The number of hydrogen-bond donors (Lipinski definition) is 1. The Balaban J connectivity index is 2.82. The molecule has 12 heavy (non-hydrogen) atoms. The molecule has 4 heteroatoms. The van der Waals surface area contributed by atoms with Gasteiger partial charge < -0.3 is 5.21 Å². The molecule has 0 spiro atoms. The quantitative estimate of drug-likeness (QED) is 0.722. The predicted octanol–water partition coefficient (Wildman–Crippen LogP) is 2.30. The molecule has 1 N–H and O–H groups in total. The van der Waals surface area contributed by atoms with E-state index in [1.54, 1.807) is 6.07 Å². The molecule has 0 aliphatic heterocycles. The second kappa shape index (κ2) is 3.85. The summed E-state index contributed by atoms with van der Waals surface area (Å²) in [5.41, 5.74) is 0.770. The summed E-state index contributed by atoms with van der Waals surface area (Å²) in [6.07, 6.45) is 0. The molecule has 66 valence electrons. The fourth-order valence-electron chi connectivity index (χ4n) is 0.902. The molecule has 1 rings (SSSR count). The average molecular weight is 190 g/mol. The minimum absolute atomic E-state index is 0.0781. The fourth-order valence-corrected chi connectivity index (χ4v) is 1.11. The number of hydrogen-bond acceptors (Lipinski definition) is 2. The fraction of sp³-hybridized carbons (Fsp3) is 0.250. The highest BCUT2D eigenvalue weighted by Gasteiger charge is 2.01. The number of hydroxylamine groups is 2. The third-order valence-electron chi connectivity index (χ3n) is 1.40. The molecule has 1 aromatic carbocycles. The van der Waals surface area contributed by atoms with Gasteiger partial charge in [-0.1, -0.05) is 17.7 Å². The Kier molecular flexibility index (Phi) is 3.03. The average Bonchev–Trinajstić information content (AvgIpc) is 1.96. The molecular weight excluding hydrogens is 181 g/mol. The Labute approximate surface area is 75.1 Å². The van der Waals surface area contributed by atoms with Crippen molar-refractivity contribution in [3.05, 3.63) is 34.6 Å². The minimum Gasteiger partial charge on any atom is -0.314 e. The van der Waals surface area contributed by atoms with E-state index in [1.807, 2.05) is 0 Å². The highest BCUT2D eigenvalue weighted by Crippen LogP contribution is 2.16. The van der Waals surface area contributed by atoms with E-state index in [0.717, 1.165) is 10.6 Å². The molecule has 0 atom stereocenters. The Morgan fingerprint density at radius 3 is 2.75 bits per heavy atom. The standard InChI is InChI=1S/C8H9ClFNO/c1-11(12)5-6-2-3-8(10)7(9)4-6/h2-4,12H,5H2,1H3. The van der Waals surface area contributed by atoms with Crippen molar-refractivity contribution in [3.63, 3.8) is 0 Å². The van der Waals surface area contributed by atoms with Crippen LogP contribution in [0.4, 0.5) is 4.39 Å². The molecule has 0 aliphatic rings. The van der Waals surface area contributed by atoms with Gasteiger partial charge in [-0.15, -0.1) is 0 Å². The molecule has 0 heterocycles. The van der Waals surface area contributed by atoms with E-state index >= 15 is 0 Å². The van der Waals surface area contributed by atoms with Gasteiger partial charge in [0.2, 0.25) is 0 Å². The lowest BCUT2D eigenvalue weighted by Gasteiger charge is -2.07. The highest BCUT2D eigenvalue weighted by molar-refractivity contribution is 6.30. The van der Waals surface area contributed by atoms with Gasteiger partial charge in [0.15, 0.2) is 0 Å². The van der Waals surface area contributed by atoms with Crippen LogP contribution in [-0.4, -0.2) is 17.3 Å². The first-order chi connectivity index (χ1) is 5.59. The van der Waals surface area contributed by atoms with Crippen LogP contribution in [0.1, 0.15) is 5.56 Å². The first kappa shape index (κ1) is 9.45. The van der Waals surface area contributed by atoms with E-state index in [9.17, 15) is 4.39 Å². The van der Waals surface area contributed by atoms with Crippen molar-refractivity contribution in [1.82, 2.24) is 5.06 Å². The first-order valence-corrected chi connectivity index (χ1v) is 3.81. The zero-order valence-corrected chi connectivity index (χ0v) is 7.35. The summed E-state index contributed by atoms with van der Waals surface area (Å²) < 4.78 is 12.6. The molecule has 0 saturated heterocycles. The lowest BCUT2D eigenvalue weighted by atomic mass is 10.2. The highest BCUT2D eigenvalue weighted by atomic mass is 35.5. The molecule has 1 aromatic rings. The van der Waals surface area contributed by atoms with Crippen molar-refractivity contribution < 1.29 is 9.60 Å². The molecule has 0 amide bonds. The van der Waals surface area contributed by atoms with E-state index in [0.29, 0.717) is 6.54 Å². The minimum atomic E-state index is -0.444. The maximum Gasteiger partial charge on any atom is 0.141 e. The molecule has 0 radical (unpaired) electrons. The zero-order chi connectivity index (χ0) is 9.14. The van der Waals surface area contributed by atoms with Gasteiger partial charge in [-0.25, -0.2) is 4.39 Å². The molecular formula is C8H9ClFNO. The van der Waals surface area contributed by atoms with E-state index < -0.39 is 5.82 Å². The van der Waals surface area contributed by atoms with E-state index in [-0.39, 0.29) is 5.02 Å². The van der Waals surface area contributed by atoms with Gasteiger partial charge in [-0.2, -0.15) is 5.06 Å². The van der Waals surface area contributed by atoms with Crippen LogP contribution in [0.5, 0.6) is 0 Å². The predicted molar refractivity (Wildman–Crippen MR) is 44.7 cm³/mol. The van der Waals surface area contributed by atoms with Crippen LogP contribution in [0, 0.1) is 5.82 Å².